The molecule has 4 nitrogen and oxygen atoms in total. The molecule has 0 amide bonds. The van der Waals surface area contributed by atoms with E-state index in [1.165, 1.54) is 19.3 Å². The molecule has 2 aromatic rings. The third-order valence-electron chi connectivity index (χ3n) is 3.48. The van der Waals surface area contributed by atoms with Gasteiger partial charge in [0.2, 0.25) is 11.7 Å². The van der Waals surface area contributed by atoms with Crippen molar-refractivity contribution in [2.24, 2.45) is 0 Å². The van der Waals surface area contributed by atoms with Crippen LogP contribution < -0.4 is 0 Å². The van der Waals surface area contributed by atoms with Crippen LogP contribution in [0.3, 0.4) is 0 Å². The fraction of sp³-hybridized carbons (Fsp3) is 0.538. The van der Waals surface area contributed by atoms with Gasteiger partial charge < -0.3 is 4.52 Å². The van der Waals surface area contributed by atoms with Crippen LogP contribution >= 0.6 is 11.3 Å². The molecular formula is C13H17N3OS. The summed E-state index contributed by atoms with van der Waals surface area (Å²) < 4.78 is 5.41. The average Bonchev–Trinajstić information content (AvgIpc) is 3.09. The van der Waals surface area contributed by atoms with Crippen LogP contribution in [-0.4, -0.2) is 28.1 Å². The first kappa shape index (κ1) is 11.9. The molecule has 0 bridgehead atoms. The first-order valence-electron chi connectivity index (χ1n) is 6.46. The van der Waals surface area contributed by atoms with Crippen LogP contribution in [-0.2, 0) is 0 Å². The van der Waals surface area contributed by atoms with E-state index in [9.17, 15) is 0 Å². The highest BCUT2D eigenvalue weighted by molar-refractivity contribution is 7.13. The highest BCUT2D eigenvalue weighted by Gasteiger charge is 2.23. The zero-order chi connectivity index (χ0) is 12.4. The Balaban J connectivity index is 1.76. The molecule has 0 aromatic carbocycles. The molecule has 0 spiro atoms. The minimum atomic E-state index is 0.228. The molecule has 3 rings (SSSR count). The van der Waals surface area contributed by atoms with Crippen molar-refractivity contribution in [3.05, 3.63) is 23.4 Å². The van der Waals surface area contributed by atoms with Crippen LogP contribution in [0.1, 0.15) is 38.1 Å². The Hall–Kier alpha value is -1.20. The summed E-state index contributed by atoms with van der Waals surface area (Å²) in [6, 6.07) is 4.25. The normalized spacial score (nSPS) is 18.9. The van der Waals surface area contributed by atoms with E-state index in [4.69, 9.17) is 4.52 Å². The smallest absolute Gasteiger partial charge is 0.244 e. The largest absolute Gasteiger partial charge is 0.337 e. The van der Waals surface area contributed by atoms with Crippen LogP contribution in [0.25, 0.3) is 10.7 Å². The number of rotatable bonds is 3. The van der Waals surface area contributed by atoms with Crippen molar-refractivity contribution in [2.45, 2.75) is 32.2 Å². The van der Waals surface area contributed by atoms with Crippen molar-refractivity contribution < 1.29 is 4.52 Å². The lowest BCUT2D eigenvalue weighted by molar-refractivity contribution is 0.146. The summed E-state index contributed by atoms with van der Waals surface area (Å²) in [5.74, 6) is 1.45. The van der Waals surface area contributed by atoms with Crippen LogP contribution in [0, 0.1) is 0 Å². The van der Waals surface area contributed by atoms with Crippen molar-refractivity contribution >= 4 is 11.3 Å². The van der Waals surface area contributed by atoms with Crippen molar-refractivity contribution in [2.75, 3.05) is 13.1 Å². The Bertz CT molecular complexity index is 488. The molecule has 0 saturated carbocycles. The molecule has 0 radical (unpaired) electrons. The van der Waals surface area contributed by atoms with E-state index >= 15 is 0 Å². The number of thiophene rings is 1. The van der Waals surface area contributed by atoms with Gasteiger partial charge in [-0.3, -0.25) is 4.90 Å². The van der Waals surface area contributed by atoms with E-state index in [0.29, 0.717) is 5.82 Å². The Labute approximate surface area is 111 Å². The fourth-order valence-corrected chi connectivity index (χ4v) is 3.02. The maximum atomic E-state index is 5.41. The predicted molar refractivity (Wildman–Crippen MR) is 71.5 cm³/mol. The first-order valence-corrected chi connectivity index (χ1v) is 7.34. The second-order valence-corrected chi connectivity index (χ2v) is 5.65. The van der Waals surface area contributed by atoms with Gasteiger partial charge in [-0.1, -0.05) is 17.6 Å². The SMILES string of the molecule is C[C@H](c1nc(-c2cccs2)no1)N1CCCCC1. The summed E-state index contributed by atoms with van der Waals surface area (Å²) in [7, 11) is 0. The minimum absolute atomic E-state index is 0.228. The van der Waals surface area contributed by atoms with E-state index in [2.05, 4.69) is 22.0 Å². The van der Waals surface area contributed by atoms with Crippen molar-refractivity contribution in [3.8, 4) is 10.7 Å². The lowest BCUT2D eigenvalue weighted by Gasteiger charge is -2.29. The Morgan fingerprint density at radius 1 is 1.33 bits per heavy atom. The molecule has 1 aliphatic rings. The predicted octanol–water partition coefficient (Wildman–Crippen LogP) is 3.35. The van der Waals surface area contributed by atoms with Crippen LogP contribution in [0.4, 0.5) is 0 Å². The molecule has 5 heteroatoms. The van der Waals surface area contributed by atoms with E-state index in [0.717, 1.165) is 23.9 Å². The zero-order valence-electron chi connectivity index (χ0n) is 10.5. The van der Waals surface area contributed by atoms with Gasteiger partial charge >= 0.3 is 0 Å². The molecule has 1 fully saturated rings. The Kier molecular flexibility index (Phi) is 3.43. The number of hydrogen-bond donors (Lipinski definition) is 0. The molecule has 1 aliphatic heterocycles. The van der Waals surface area contributed by atoms with Gasteiger partial charge in [0.15, 0.2) is 0 Å². The Morgan fingerprint density at radius 3 is 2.89 bits per heavy atom. The first-order chi connectivity index (χ1) is 8.84. The average molecular weight is 263 g/mol. The van der Waals surface area contributed by atoms with Crippen LogP contribution in [0.15, 0.2) is 22.0 Å². The molecule has 0 N–H and O–H groups in total. The van der Waals surface area contributed by atoms with Gasteiger partial charge in [0, 0.05) is 0 Å². The van der Waals surface area contributed by atoms with E-state index in [-0.39, 0.29) is 6.04 Å². The molecule has 0 unspecified atom stereocenters. The molecule has 0 aliphatic carbocycles. The molecule has 1 atom stereocenters. The summed E-state index contributed by atoms with van der Waals surface area (Å²) in [4.78, 5) is 8.01. The number of nitrogens with zero attached hydrogens (tertiary/aromatic N) is 3. The van der Waals surface area contributed by atoms with Gasteiger partial charge in [-0.25, -0.2) is 0 Å². The van der Waals surface area contributed by atoms with Gasteiger partial charge in [-0.15, -0.1) is 11.3 Å². The summed E-state index contributed by atoms with van der Waals surface area (Å²) in [6.07, 6.45) is 3.89. The maximum absolute atomic E-state index is 5.41. The Morgan fingerprint density at radius 2 is 2.17 bits per heavy atom. The van der Waals surface area contributed by atoms with Crippen molar-refractivity contribution in [1.82, 2.24) is 15.0 Å². The number of piperidine rings is 1. The highest BCUT2D eigenvalue weighted by atomic mass is 32.1. The standard InChI is InChI=1S/C13H17N3OS/c1-10(16-7-3-2-4-8-16)13-14-12(15-17-13)11-6-5-9-18-11/h5-6,9-10H,2-4,7-8H2,1H3/t10-/m1/s1. The zero-order valence-corrected chi connectivity index (χ0v) is 11.3. The molecular weight excluding hydrogens is 246 g/mol. The van der Waals surface area contributed by atoms with Gasteiger partial charge in [0.25, 0.3) is 0 Å². The van der Waals surface area contributed by atoms with E-state index in [1.807, 2.05) is 17.5 Å². The molecule has 18 heavy (non-hydrogen) atoms. The van der Waals surface area contributed by atoms with Gasteiger partial charge in [-0.2, -0.15) is 4.98 Å². The minimum Gasteiger partial charge on any atom is -0.337 e. The van der Waals surface area contributed by atoms with Crippen LogP contribution in [0.2, 0.25) is 0 Å². The summed E-state index contributed by atoms with van der Waals surface area (Å²) in [5.41, 5.74) is 0. The molecule has 3 heterocycles. The lowest BCUT2D eigenvalue weighted by atomic mass is 10.1. The third kappa shape index (κ3) is 2.33. The van der Waals surface area contributed by atoms with Crippen molar-refractivity contribution in [1.29, 1.82) is 0 Å². The summed E-state index contributed by atoms with van der Waals surface area (Å²) in [5, 5.41) is 6.10. The number of aromatic nitrogens is 2. The van der Waals surface area contributed by atoms with E-state index < -0.39 is 0 Å². The quantitative estimate of drug-likeness (QED) is 0.851. The third-order valence-corrected chi connectivity index (χ3v) is 4.34. The monoisotopic (exact) mass is 263 g/mol. The second kappa shape index (κ2) is 5.20. The van der Waals surface area contributed by atoms with Gasteiger partial charge in [0.1, 0.15) is 0 Å². The number of hydrogen-bond acceptors (Lipinski definition) is 5. The molecule has 1 saturated heterocycles. The van der Waals surface area contributed by atoms with Crippen LogP contribution in [0.5, 0.6) is 0 Å². The van der Waals surface area contributed by atoms with E-state index in [1.54, 1.807) is 11.3 Å². The van der Waals surface area contributed by atoms with Gasteiger partial charge in [0.05, 0.1) is 10.9 Å². The summed E-state index contributed by atoms with van der Waals surface area (Å²) in [6.45, 7) is 4.42. The lowest BCUT2D eigenvalue weighted by Crippen LogP contribution is -2.32. The topological polar surface area (TPSA) is 42.2 Å². The molecule has 96 valence electrons. The van der Waals surface area contributed by atoms with Crippen molar-refractivity contribution in [3.63, 3.8) is 0 Å². The number of likely N-dealkylation sites (tertiary alicyclic amines) is 1. The summed E-state index contributed by atoms with van der Waals surface area (Å²) >= 11 is 1.64. The second-order valence-electron chi connectivity index (χ2n) is 4.71. The van der Waals surface area contributed by atoms with Gasteiger partial charge in [-0.05, 0) is 44.3 Å². The molecule has 2 aromatic heterocycles. The maximum Gasteiger partial charge on any atom is 0.244 e. The highest BCUT2D eigenvalue weighted by Crippen LogP contribution is 2.26. The fourth-order valence-electron chi connectivity index (χ4n) is 2.37.